The van der Waals surface area contributed by atoms with Crippen LogP contribution in [0.1, 0.15) is 29.5 Å². The highest BCUT2D eigenvalue weighted by Crippen LogP contribution is 2.50. The summed E-state index contributed by atoms with van der Waals surface area (Å²) in [7, 11) is 3.22. The number of methoxy groups -OCH3 is 2. The molecule has 0 bridgehead atoms. The third-order valence-corrected chi connectivity index (χ3v) is 4.69. The monoisotopic (exact) mass is 325 g/mol. The van der Waals surface area contributed by atoms with Gasteiger partial charge >= 0.3 is 0 Å². The molecule has 2 aromatic rings. The number of benzene rings is 2. The Morgan fingerprint density at radius 1 is 1.04 bits per heavy atom. The first kappa shape index (κ1) is 16.4. The Balaban J connectivity index is 1.73. The van der Waals surface area contributed by atoms with Gasteiger partial charge < -0.3 is 14.8 Å². The average molecular weight is 325 g/mol. The van der Waals surface area contributed by atoms with Crippen molar-refractivity contribution in [1.29, 1.82) is 0 Å². The number of hydrogen-bond donors (Lipinski definition) is 1. The van der Waals surface area contributed by atoms with E-state index in [0.29, 0.717) is 18.0 Å². The number of ether oxygens (including phenoxy) is 2. The minimum atomic E-state index is -0.426. The third-order valence-electron chi connectivity index (χ3n) is 4.69. The van der Waals surface area contributed by atoms with Crippen molar-refractivity contribution in [3.05, 3.63) is 59.2 Å². The lowest BCUT2D eigenvalue weighted by Gasteiger charge is -2.18. The minimum absolute atomic E-state index is 0.0790. The smallest absolute Gasteiger partial charge is 0.230 e. The molecule has 1 aliphatic carbocycles. The third kappa shape index (κ3) is 3.09. The molecule has 3 rings (SSSR count). The summed E-state index contributed by atoms with van der Waals surface area (Å²) < 4.78 is 10.6. The van der Waals surface area contributed by atoms with Crippen molar-refractivity contribution in [2.45, 2.75) is 31.7 Å². The SMILES string of the molecule is COc1ccc(C2(C(=O)NCc3ccc(C)cc3)CC2)cc1OC. The Morgan fingerprint density at radius 2 is 1.71 bits per heavy atom. The van der Waals surface area contributed by atoms with Crippen molar-refractivity contribution >= 4 is 5.91 Å². The van der Waals surface area contributed by atoms with Crippen LogP contribution in [0.2, 0.25) is 0 Å². The molecule has 1 aliphatic rings. The van der Waals surface area contributed by atoms with E-state index >= 15 is 0 Å². The summed E-state index contributed by atoms with van der Waals surface area (Å²) in [6.45, 7) is 2.60. The van der Waals surface area contributed by atoms with Gasteiger partial charge in [-0.25, -0.2) is 0 Å². The summed E-state index contributed by atoms with van der Waals surface area (Å²) in [5.41, 5.74) is 2.89. The van der Waals surface area contributed by atoms with E-state index in [1.54, 1.807) is 14.2 Å². The van der Waals surface area contributed by atoms with Gasteiger partial charge in [-0.3, -0.25) is 4.79 Å². The molecule has 1 fully saturated rings. The van der Waals surface area contributed by atoms with Crippen LogP contribution in [0, 0.1) is 6.92 Å². The highest BCUT2D eigenvalue weighted by Gasteiger charge is 2.51. The summed E-state index contributed by atoms with van der Waals surface area (Å²) in [6.07, 6.45) is 1.73. The molecule has 0 aliphatic heterocycles. The van der Waals surface area contributed by atoms with Crippen LogP contribution in [0.25, 0.3) is 0 Å². The van der Waals surface area contributed by atoms with Gasteiger partial charge in [0.1, 0.15) is 0 Å². The largest absolute Gasteiger partial charge is 0.493 e. The summed E-state index contributed by atoms with van der Waals surface area (Å²) in [5, 5.41) is 3.07. The first-order chi connectivity index (χ1) is 11.6. The Morgan fingerprint density at radius 3 is 2.29 bits per heavy atom. The molecule has 24 heavy (non-hydrogen) atoms. The lowest BCUT2D eigenvalue weighted by atomic mass is 9.94. The van der Waals surface area contributed by atoms with Crippen LogP contribution < -0.4 is 14.8 Å². The predicted octanol–water partition coefficient (Wildman–Crippen LogP) is 3.36. The van der Waals surface area contributed by atoms with Gasteiger partial charge in [-0.15, -0.1) is 0 Å². The second kappa shape index (κ2) is 6.56. The molecule has 2 aromatic carbocycles. The van der Waals surface area contributed by atoms with Gasteiger partial charge in [0.25, 0.3) is 0 Å². The minimum Gasteiger partial charge on any atom is -0.493 e. The fourth-order valence-electron chi connectivity index (χ4n) is 2.96. The fourth-order valence-corrected chi connectivity index (χ4v) is 2.96. The predicted molar refractivity (Wildman–Crippen MR) is 93.5 cm³/mol. The van der Waals surface area contributed by atoms with Crippen LogP contribution in [-0.4, -0.2) is 20.1 Å². The van der Waals surface area contributed by atoms with Crippen molar-refractivity contribution in [2.24, 2.45) is 0 Å². The summed E-state index contributed by atoms with van der Waals surface area (Å²) >= 11 is 0. The molecule has 0 unspecified atom stereocenters. The normalized spacial score (nSPS) is 14.8. The van der Waals surface area contributed by atoms with Crippen molar-refractivity contribution in [1.82, 2.24) is 5.32 Å². The zero-order chi connectivity index (χ0) is 17.2. The fraction of sp³-hybridized carbons (Fsp3) is 0.350. The summed E-state index contributed by atoms with van der Waals surface area (Å²) in [4.78, 5) is 12.7. The van der Waals surface area contributed by atoms with Crippen LogP contribution >= 0.6 is 0 Å². The number of nitrogens with one attached hydrogen (secondary N) is 1. The molecule has 0 spiro atoms. The van der Waals surface area contributed by atoms with Crippen LogP contribution in [0.5, 0.6) is 11.5 Å². The zero-order valence-electron chi connectivity index (χ0n) is 14.4. The number of carbonyl (C=O) groups is 1. The van der Waals surface area contributed by atoms with E-state index in [-0.39, 0.29) is 5.91 Å². The van der Waals surface area contributed by atoms with E-state index < -0.39 is 5.41 Å². The van der Waals surface area contributed by atoms with E-state index in [1.165, 1.54) is 5.56 Å². The Labute approximate surface area is 142 Å². The molecule has 4 heteroatoms. The number of rotatable bonds is 6. The molecular formula is C20H23NO3. The van der Waals surface area contributed by atoms with Crippen molar-refractivity contribution < 1.29 is 14.3 Å². The first-order valence-electron chi connectivity index (χ1n) is 8.15. The molecule has 126 valence electrons. The number of amides is 1. The summed E-state index contributed by atoms with van der Waals surface area (Å²) in [5.74, 6) is 1.42. The molecule has 0 atom stereocenters. The lowest BCUT2D eigenvalue weighted by Crippen LogP contribution is -2.34. The van der Waals surface area contributed by atoms with Crippen molar-refractivity contribution in [3.8, 4) is 11.5 Å². The van der Waals surface area contributed by atoms with E-state index in [1.807, 2.05) is 30.3 Å². The van der Waals surface area contributed by atoms with E-state index in [4.69, 9.17) is 9.47 Å². The van der Waals surface area contributed by atoms with Crippen LogP contribution in [0.15, 0.2) is 42.5 Å². The van der Waals surface area contributed by atoms with Gasteiger partial charge in [0.15, 0.2) is 11.5 Å². The second-order valence-electron chi connectivity index (χ2n) is 6.32. The molecule has 4 nitrogen and oxygen atoms in total. The molecule has 0 aromatic heterocycles. The molecular weight excluding hydrogens is 302 g/mol. The Hall–Kier alpha value is -2.49. The maximum Gasteiger partial charge on any atom is 0.230 e. The lowest BCUT2D eigenvalue weighted by molar-refractivity contribution is -0.123. The standard InChI is InChI=1S/C20H23NO3/c1-14-4-6-15(7-5-14)13-21-19(22)20(10-11-20)16-8-9-17(23-2)18(12-16)24-3/h4-9,12H,10-11,13H2,1-3H3,(H,21,22). The maximum absolute atomic E-state index is 12.7. The topological polar surface area (TPSA) is 47.6 Å². The van der Waals surface area contributed by atoms with Crippen LogP contribution in [0.4, 0.5) is 0 Å². The molecule has 1 N–H and O–H groups in total. The Kier molecular flexibility index (Phi) is 4.47. The van der Waals surface area contributed by atoms with E-state index in [2.05, 4.69) is 24.4 Å². The Bertz CT molecular complexity index is 733. The average Bonchev–Trinajstić information content (AvgIpc) is 3.42. The molecule has 0 saturated heterocycles. The van der Waals surface area contributed by atoms with Gasteiger partial charge in [-0.05, 0) is 43.0 Å². The van der Waals surface area contributed by atoms with E-state index in [9.17, 15) is 4.79 Å². The van der Waals surface area contributed by atoms with Crippen molar-refractivity contribution in [3.63, 3.8) is 0 Å². The van der Waals surface area contributed by atoms with Gasteiger partial charge in [0.05, 0.1) is 19.6 Å². The molecule has 0 radical (unpaired) electrons. The zero-order valence-corrected chi connectivity index (χ0v) is 14.4. The first-order valence-corrected chi connectivity index (χ1v) is 8.15. The van der Waals surface area contributed by atoms with Crippen molar-refractivity contribution in [2.75, 3.05) is 14.2 Å². The highest BCUT2D eigenvalue weighted by molar-refractivity contribution is 5.91. The van der Waals surface area contributed by atoms with Gasteiger partial charge in [-0.1, -0.05) is 35.9 Å². The maximum atomic E-state index is 12.7. The van der Waals surface area contributed by atoms with Crippen LogP contribution in [0.3, 0.4) is 0 Å². The van der Waals surface area contributed by atoms with Gasteiger partial charge in [0.2, 0.25) is 5.91 Å². The molecule has 0 heterocycles. The quantitative estimate of drug-likeness (QED) is 0.886. The molecule has 1 amide bonds. The number of aryl methyl sites for hydroxylation is 1. The highest BCUT2D eigenvalue weighted by atomic mass is 16.5. The van der Waals surface area contributed by atoms with E-state index in [0.717, 1.165) is 24.0 Å². The summed E-state index contributed by atoms with van der Waals surface area (Å²) in [6, 6.07) is 13.9. The van der Waals surface area contributed by atoms with Gasteiger partial charge in [0, 0.05) is 6.54 Å². The van der Waals surface area contributed by atoms with Gasteiger partial charge in [-0.2, -0.15) is 0 Å². The number of carbonyl (C=O) groups excluding carboxylic acids is 1. The number of hydrogen-bond acceptors (Lipinski definition) is 3. The second-order valence-corrected chi connectivity index (χ2v) is 6.32. The van der Waals surface area contributed by atoms with Crippen LogP contribution in [-0.2, 0) is 16.8 Å². The molecule has 1 saturated carbocycles.